The molecule has 0 unspecified atom stereocenters. The second kappa shape index (κ2) is 10.0. The third-order valence-corrected chi connectivity index (χ3v) is 7.24. The lowest BCUT2D eigenvalue weighted by atomic mass is 9.99. The lowest BCUT2D eigenvalue weighted by Gasteiger charge is -2.34. The van der Waals surface area contributed by atoms with Gasteiger partial charge in [0, 0.05) is 49.2 Å². The van der Waals surface area contributed by atoms with Gasteiger partial charge in [-0.05, 0) is 37.8 Å². The Hall–Kier alpha value is -1.22. The number of hydrogen-bond donors (Lipinski definition) is 1. The summed E-state index contributed by atoms with van der Waals surface area (Å²) >= 11 is 5.99. The van der Waals surface area contributed by atoms with Crippen LogP contribution >= 0.6 is 11.6 Å². The van der Waals surface area contributed by atoms with Gasteiger partial charge in [0.25, 0.3) is 10.2 Å². The number of carbonyl (C=O) groups is 1. The van der Waals surface area contributed by atoms with Gasteiger partial charge in [0.05, 0.1) is 0 Å². The zero-order valence-electron chi connectivity index (χ0n) is 16.6. The fraction of sp³-hybridized carbons (Fsp3) is 0.632. The van der Waals surface area contributed by atoms with Gasteiger partial charge in [0.15, 0.2) is 0 Å². The number of benzene rings is 1. The maximum Gasteiger partial charge on any atom is 0.279 e. The average Bonchev–Trinajstić information content (AvgIpc) is 2.65. The third-order valence-electron chi connectivity index (χ3n) is 5.31. The van der Waals surface area contributed by atoms with E-state index in [-0.39, 0.29) is 35.0 Å². The zero-order valence-corrected chi connectivity index (χ0v) is 18.2. The molecule has 158 valence electrons. The van der Waals surface area contributed by atoms with Gasteiger partial charge in [0.1, 0.15) is 5.82 Å². The minimum absolute atomic E-state index is 0.0323. The molecule has 0 aromatic heterocycles. The highest BCUT2D eigenvalue weighted by atomic mass is 35.5. The number of amides is 1. The summed E-state index contributed by atoms with van der Waals surface area (Å²) in [4.78, 5) is 14.3. The highest BCUT2D eigenvalue weighted by Crippen LogP contribution is 2.22. The quantitative estimate of drug-likeness (QED) is 0.684. The van der Waals surface area contributed by atoms with Gasteiger partial charge in [0.2, 0.25) is 5.91 Å². The van der Waals surface area contributed by atoms with Gasteiger partial charge in [-0.1, -0.05) is 31.5 Å². The Kier molecular flexibility index (Phi) is 8.24. The fourth-order valence-corrected chi connectivity index (χ4v) is 4.76. The monoisotopic (exact) mass is 433 g/mol. The Morgan fingerprint density at radius 3 is 2.46 bits per heavy atom. The minimum atomic E-state index is -3.80. The van der Waals surface area contributed by atoms with Crippen LogP contribution in [-0.4, -0.2) is 49.7 Å². The van der Waals surface area contributed by atoms with Crippen LogP contribution in [-0.2, 0) is 21.5 Å². The SMILES string of the molecule is CCC(CC)C(=O)N1CCC(NS(=O)(=O)N(C)Cc2c(F)cccc2Cl)CC1. The van der Waals surface area contributed by atoms with Crippen molar-refractivity contribution in [1.82, 2.24) is 13.9 Å². The molecule has 1 aliphatic rings. The Morgan fingerprint density at radius 2 is 1.93 bits per heavy atom. The fourth-order valence-electron chi connectivity index (χ4n) is 3.41. The van der Waals surface area contributed by atoms with E-state index in [0.29, 0.717) is 25.9 Å². The number of likely N-dealkylation sites (tertiary alicyclic amines) is 1. The van der Waals surface area contributed by atoms with Crippen molar-refractivity contribution in [3.05, 3.63) is 34.6 Å². The van der Waals surface area contributed by atoms with Crippen molar-refractivity contribution in [3.8, 4) is 0 Å². The summed E-state index contributed by atoms with van der Waals surface area (Å²) in [5, 5.41) is 0.190. The number of hydrogen-bond acceptors (Lipinski definition) is 3. The van der Waals surface area contributed by atoms with E-state index in [0.717, 1.165) is 17.1 Å². The lowest BCUT2D eigenvalue weighted by molar-refractivity contribution is -0.136. The van der Waals surface area contributed by atoms with Crippen LogP contribution in [0.3, 0.4) is 0 Å². The van der Waals surface area contributed by atoms with E-state index < -0.39 is 16.0 Å². The van der Waals surface area contributed by atoms with Crippen molar-refractivity contribution < 1.29 is 17.6 Å². The summed E-state index contributed by atoms with van der Waals surface area (Å²) in [6.07, 6.45) is 2.73. The van der Waals surface area contributed by atoms with E-state index in [9.17, 15) is 17.6 Å². The molecule has 1 aliphatic heterocycles. The zero-order chi connectivity index (χ0) is 20.9. The van der Waals surface area contributed by atoms with Gasteiger partial charge < -0.3 is 4.90 Å². The van der Waals surface area contributed by atoms with Crippen molar-refractivity contribution in [2.24, 2.45) is 5.92 Å². The molecule has 0 atom stereocenters. The molecule has 0 spiro atoms. The normalized spacial score (nSPS) is 16.2. The summed E-state index contributed by atoms with van der Waals surface area (Å²) in [6.45, 7) is 4.92. The average molecular weight is 434 g/mol. The lowest BCUT2D eigenvalue weighted by Crippen LogP contribution is -2.50. The molecule has 1 aromatic carbocycles. The first-order valence-corrected chi connectivity index (χ1v) is 11.5. The van der Waals surface area contributed by atoms with Gasteiger partial charge >= 0.3 is 0 Å². The van der Waals surface area contributed by atoms with Gasteiger partial charge in [-0.25, -0.2) is 4.39 Å². The van der Waals surface area contributed by atoms with Crippen LogP contribution < -0.4 is 4.72 Å². The van der Waals surface area contributed by atoms with Gasteiger partial charge in [-0.2, -0.15) is 17.4 Å². The van der Waals surface area contributed by atoms with Crippen molar-refractivity contribution in [2.45, 2.75) is 52.1 Å². The van der Waals surface area contributed by atoms with Crippen molar-refractivity contribution in [3.63, 3.8) is 0 Å². The van der Waals surface area contributed by atoms with Crippen LogP contribution in [0, 0.1) is 11.7 Å². The Balaban J connectivity index is 1.93. The smallest absolute Gasteiger partial charge is 0.279 e. The standard InChI is InChI=1S/C19H29ClFN3O3S/c1-4-14(5-2)19(25)24-11-9-15(10-12-24)22-28(26,27)23(3)13-16-17(20)7-6-8-18(16)21/h6-8,14-15,22H,4-5,9-13H2,1-3H3. The summed E-state index contributed by atoms with van der Waals surface area (Å²) < 4.78 is 42.9. The Labute approximate surface area is 172 Å². The van der Waals surface area contributed by atoms with E-state index in [1.165, 1.54) is 25.2 Å². The minimum Gasteiger partial charge on any atom is -0.342 e. The first-order valence-electron chi connectivity index (χ1n) is 9.64. The summed E-state index contributed by atoms with van der Waals surface area (Å²) in [5.41, 5.74) is 0.141. The molecular weight excluding hydrogens is 405 g/mol. The molecule has 1 saturated heterocycles. The molecule has 1 amide bonds. The molecule has 9 heteroatoms. The molecule has 0 saturated carbocycles. The van der Waals surface area contributed by atoms with Crippen LogP contribution in [0.2, 0.25) is 5.02 Å². The van der Waals surface area contributed by atoms with E-state index in [4.69, 9.17) is 11.6 Å². The van der Waals surface area contributed by atoms with Gasteiger partial charge in [-0.15, -0.1) is 0 Å². The van der Waals surface area contributed by atoms with Crippen LogP contribution in [0.1, 0.15) is 45.1 Å². The largest absolute Gasteiger partial charge is 0.342 e. The highest BCUT2D eigenvalue weighted by molar-refractivity contribution is 7.87. The molecule has 0 aliphatic carbocycles. The number of nitrogens with zero attached hydrogens (tertiary/aromatic N) is 2. The molecule has 1 aromatic rings. The van der Waals surface area contributed by atoms with Crippen LogP contribution in [0.5, 0.6) is 0 Å². The maximum atomic E-state index is 13.9. The summed E-state index contributed by atoms with van der Waals surface area (Å²) in [6, 6.07) is 4.00. The van der Waals surface area contributed by atoms with E-state index in [1.54, 1.807) is 0 Å². The topological polar surface area (TPSA) is 69.7 Å². The summed E-state index contributed by atoms with van der Waals surface area (Å²) in [5.74, 6) is -0.356. The predicted octanol–water partition coefficient (Wildman–Crippen LogP) is 3.17. The highest BCUT2D eigenvalue weighted by Gasteiger charge is 2.30. The molecule has 0 radical (unpaired) electrons. The molecule has 28 heavy (non-hydrogen) atoms. The van der Waals surface area contributed by atoms with E-state index >= 15 is 0 Å². The predicted molar refractivity (Wildman–Crippen MR) is 109 cm³/mol. The number of rotatable bonds is 8. The summed E-state index contributed by atoms with van der Waals surface area (Å²) in [7, 11) is -2.41. The number of nitrogens with one attached hydrogen (secondary N) is 1. The van der Waals surface area contributed by atoms with E-state index in [1.807, 2.05) is 18.7 Å². The van der Waals surface area contributed by atoms with Crippen molar-refractivity contribution in [1.29, 1.82) is 0 Å². The van der Waals surface area contributed by atoms with Crippen LogP contribution in [0.4, 0.5) is 4.39 Å². The maximum absolute atomic E-state index is 13.9. The number of carbonyl (C=O) groups excluding carboxylic acids is 1. The van der Waals surface area contributed by atoms with Crippen LogP contribution in [0.15, 0.2) is 18.2 Å². The number of piperidine rings is 1. The van der Waals surface area contributed by atoms with E-state index in [2.05, 4.69) is 4.72 Å². The Morgan fingerprint density at radius 1 is 1.32 bits per heavy atom. The number of halogens is 2. The van der Waals surface area contributed by atoms with Crippen molar-refractivity contribution in [2.75, 3.05) is 20.1 Å². The molecule has 6 nitrogen and oxygen atoms in total. The van der Waals surface area contributed by atoms with Crippen LogP contribution in [0.25, 0.3) is 0 Å². The first kappa shape index (κ1) is 23.1. The van der Waals surface area contributed by atoms with Crippen molar-refractivity contribution >= 4 is 27.7 Å². The van der Waals surface area contributed by atoms with Gasteiger partial charge in [-0.3, -0.25) is 4.79 Å². The second-order valence-electron chi connectivity index (χ2n) is 7.19. The molecule has 2 rings (SSSR count). The molecule has 0 bridgehead atoms. The second-order valence-corrected chi connectivity index (χ2v) is 9.41. The molecular formula is C19H29ClFN3O3S. The first-order chi connectivity index (χ1) is 13.2. The third kappa shape index (κ3) is 5.65. The Bertz CT molecular complexity index is 758. The molecule has 1 fully saturated rings. The molecule has 1 heterocycles. The molecule has 1 N–H and O–H groups in total.